The van der Waals surface area contributed by atoms with Gasteiger partial charge in [-0.15, -0.1) is 11.3 Å². The number of aromatic amines is 1. The second-order valence-corrected chi connectivity index (χ2v) is 7.23. The van der Waals surface area contributed by atoms with E-state index in [1.54, 1.807) is 24.4 Å². The van der Waals surface area contributed by atoms with Crippen molar-refractivity contribution in [2.45, 2.75) is 26.0 Å². The third kappa shape index (κ3) is 3.95. The van der Waals surface area contributed by atoms with Crippen molar-refractivity contribution in [3.63, 3.8) is 0 Å². The number of hydrogen-bond donors (Lipinski definition) is 3. The molecule has 2 aromatic heterocycles. The first-order valence-electron chi connectivity index (χ1n) is 8.02. The van der Waals surface area contributed by atoms with Crippen molar-refractivity contribution in [1.82, 2.24) is 15.3 Å². The number of halogens is 2. The lowest BCUT2D eigenvalue weighted by atomic mass is 10.1. The molecule has 3 N–H and O–H groups in total. The van der Waals surface area contributed by atoms with Gasteiger partial charge in [-0.1, -0.05) is 24.6 Å². The van der Waals surface area contributed by atoms with E-state index in [0.29, 0.717) is 23.4 Å². The fraction of sp³-hybridized carbons (Fsp3) is 0.222. The van der Waals surface area contributed by atoms with Gasteiger partial charge in [0.2, 0.25) is 0 Å². The van der Waals surface area contributed by atoms with Gasteiger partial charge >= 0.3 is 0 Å². The van der Waals surface area contributed by atoms with E-state index >= 15 is 0 Å². The SMILES string of the molecule is CCC(NC(=O)c1ccc(-c2ccc(Cl)c(F)c2)[nH]1)c1ncc(CO)s1. The molecule has 1 unspecified atom stereocenters. The molecule has 3 rings (SSSR count). The molecule has 1 atom stereocenters. The van der Waals surface area contributed by atoms with Crippen molar-refractivity contribution in [3.8, 4) is 11.3 Å². The lowest BCUT2D eigenvalue weighted by molar-refractivity contribution is 0.0931. The van der Waals surface area contributed by atoms with Gasteiger partial charge in [-0.2, -0.15) is 0 Å². The molecule has 136 valence electrons. The normalized spacial score (nSPS) is 12.2. The van der Waals surface area contributed by atoms with Crippen LogP contribution in [0.15, 0.2) is 36.5 Å². The molecular weight excluding hydrogens is 377 g/mol. The predicted octanol–water partition coefficient (Wildman–Crippen LogP) is 4.30. The Hall–Kier alpha value is -2.22. The van der Waals surface area contributed by atoms with E-state index in [-0.39, 0.29) is 23.6 Å². The number of benzene rings is 1. The fourth-order valence-electron chi connectivity index (χ4n) is 2.49. The highest BCUT2D eigenvalue weighted by Crippen LogP contribution is 2.25. The molecule has 0 bridgehead atoms. The molecule has 0 saturated heterocycles. The molecule has 3 aromatic rings. The monoisotopic (exact) mass is 393 g/mol. The van der Waals surface area contributed by atoms with E-state index in [9.17, 15) is 9.18 Å². The number of nitrogens with zero attached hydrogens (tertiary/aromatic N) is 1. The molecule has 2 heterocycles. The molecule has 0 aliphatic carbocycles. The Labute approximate surface area is 158 Å². The number of nitrogens with one attached hydrogen (secondary N) is 2. The van der Waals surface area contributed by atoms with Crippen LogP contribution >= 0.6 is 22.9 Å². The standard InChI is InChI=1S/C18H17ClFN3O2S/c1-2-14(18-21-8-11(9-24)26-18)23-17(25)16-6-5-15(22-16)10-3-4-12(19)13(20)7-10/h3-8,14,22,24H,2,9H2,1H3,(H,23,25). The number of carbonyl (C=O) groups is 1. The van der Waals surface area contributed by atoms with Crippen LogP contribution in [0.1, 0.15) is 39.8 Å². The summed E-state index contributed by atoms with van der Waals surface area (Å²) < 4.78 is 13.6. The van der Waals surface area contributed by atoms with Gasteiger partial charge in [-0.3, -0.25) is 4.79 Å². The van der Waals surface area contributed by atoms with Gasteiger partial charge in [-0.05, 0) is 30.7 Å². The van der Waals surface area contributed by atoms with Crippen molar-refractivity contribution in [2.75, 3.05) is 0 Å². The largest absolute Gasteiger partial charge is 0.391 e. The first-order valence-corrected chi connectivity index (χ1v) is 9.22. The van der Waals surface area contributed by atoms with Crippen LogP contribution in [0.2, 0.25) is 5.02 Å². The number of aliphatic hydroxyl groups excluding tert-OH is 1. The summed E-state index contributed by atoms with van der Waals surface area (Å²) in [6.07, 6.45) is 2.27. The molecule has 0 fully saturated rings. The smallest absolute Gasteiger partial charge is 0.268 e. The van der Waals surface area contributed by atoms with Crippen molar-refractivity contribution in [3.05, 3.63) is 62.9 Å². The zero-order chi connectivity index (χ0) is 18.7. The van der Waals surface area contributed by atoms with Crippen LogP contribution in [0.3, 0.4) is 0 Å². The average molecular weight is 394 g/mol. The van der Waals surface area contributed by atoms with Gasteiger partial charge in [0.15, 0.2) is 0 Å². The Morgan fingerprint density at radius 3 is 2.88 bits per heavy atom. The van der Waals surface area contributed by atoms with Gasteiger partial charge in [0.05, 0.1) is 22.5 Å². The molecule has 0 aliphatic rings. The van der Waals surface area contributed by atoms with Crippen molar-refractivity contribution >= 4 is 28.8 Å². The molecule has 26 heavy (non-hydrogen) atoms. The summed E-state index contributed by atoms with van der Waals surface area (Å²) in [5.74, 6) is -0.794. The summed E-state index contributed by atoms with van der Waals surface area (Å²) in [5, 5.41) is 12.9. The van der Waals surface area contributed by atoms with Gasteiger partial charge in [0, 0.05) is 17.5 Å². The number of aromatic nitrogens is 2. The summed E-state index contributed by atoms with van der Waals surface area (Å²) >= 11 is 7.07. The van der Waals surface area contributed by atoms with Crippen molar-refractivity contribution < 1.29 is 14.3 Å². The van der Waals surface area contributed by atoms with Gasteiger partial charge in [0.1, 0.15) is 16.5 Å². The molecule has 1 aromatic carbocycles. The highest BCUT2D eigenvalue weighted by Gasteiger charge is 2.18. The van der Waals surface area contributed by atoms with E-state index < -0.39 is 5.82 Å². The molecule has 0 saturated carbocycles. The summed E-state index contributed by atoms with van der Waals surface area (Å²) in [6, 6.07) is 7.58. The van der Waals surface area contributed by atoms with Crippen molar-refractivity contribution in [2.24, 2.45) is 0 Å². The Morgan fingerprint density at radius 2 is 2.23 bits per heavy atom. The summed E-state index contributed by atoms with van der Waals surface area (Å²) in [6.45, 7) is 1.88. The number of H-pyrrole nitrogens is 1. The number of amides is 1. The quantitative estimate of drug-likeness (QED) is 0.584. The minimum Gasteiger partial charge on any atom is -0.391 e. The van der Waals surface area contributed by atoms with Crippen LogP contribution < -0.4 is 5.32 Å². The molecule has 1 amide bonds. The Bertz CT molecular complexity index is 925. The van der Waals surface area contributed by atoms with E-state index in [1.807, 2.05) is 6.92 Å². The van der Waals surface area contributed by atoms with Gasteiger partial charge in [-0.25, -0.2) is 9.37 Å². The fourth-order valence-corrected chi connectivity index (χ4v) is 3.52. The zero-order valence-corrected chi connectivity index (χ0v) is 15.5. The van der Waals surface area contributed by atoms with Crippen LogP contribution in [0.25, 0.3) is 11.3 Å². The highest BCUT2D eigenvalue weighted by molar-refractivity contribution is 7.11. The number of aliphatic hydroxyl groups is 1. The Balaban J connectivity index is 1.75. The number of thiazole rings is 1. The number of hydrogen-bond acceptors (Lipinski definition) is 4. The van der Waals surface area contributed by atoms with E-state index in [0.717, 1.165) is 9.88 Å². The van der Waals surface area contributed by atoms with E-state index in [2.05, 4.69) is 15.3 Å². The number of carbonyl (C=O) groups excluding carboxylic acids is 1. The lowest BCUT2D eigenvalue weighted by Gasteiger charge is -2.13. The van der Waals surface area contributed by atoms with Crippen LogP contribution in [0, 0.1) is 5.82 Å². The Morgan fingerprint density at radius 1 is 1.42 bits per heavy atom. The minimum absolute atomic E-state index is 0.0507. The second kappa shape index (κ2) is 7.99. The van der Waals surface area contributed by atoms with Crippen LogP contribution in [-0.2, 0) is 6.61 Å². The maximum Gasteiger partial charge on any atom is 0.268 e. The van der Waals surface area contributed by atoms with Crippen molar-refractivity contribution in [1.29, 1.82) is 0 Å². The molecular formula is C18H17ClFN3O2S. The topological polar surface area (TPSA) is 78.0 Å². The molecule has 8 heteroatoms. The summed E-state index contributed by atoms with van der Waals surface area (Å²) in [7, 11) is 0. The maximum absolute atomic E-state index is 13.6. The molecule has 0 aliphatic heterocycles. The molecule has 0 radical (unpaired) electrons. The third-order valence-corrected chi connectivity index (χ3v) is 5.30. The van der Waals surface area contributed by atoms with Crippen LogP contribution in [0.5, 0.6) is 0 Å². The van der Waals surface area contributed by atoms with Crippen LogP contribution in [-0.4, -0.2) is 21.0 Å². The van der Waals surface area contributed by atoms with Crippen LogP contribution in [0.4, 0.5) is 4.39 Å². The molecule has 0 spiro atoms. The third-order valence-electron chi connectivity index (χ3n) is 3.90. The maximum atomic E-state index is 13.6. The first kappa shape index (κ1) is 18.6. The molecule has 5 nitrogen and oxygen atoms in total. The summed E-state index contributed by atoms with van der Waals surface area (Å²) in [4.78, 5) is 20.5. The minimum atomic E-state index is -0.515. The van der Waals surface area contributed by atoms with Gasteiger partial charge < -0.3 is 15.4 Å². The van der Waals surface area contributed by atoms with E-state index in [4.69, 9.17) is 16.7 Å². The highest BCUT2D eigenvalue weighted by atomic mass is 35.5. The lowest BCUT2D eigenvalue weighted by Crippen LogP contribution is -2.28. The number of rotatable bonds is 6. The average Bonchev–Trinajstić information content (AvgIpc) is 3.31. The first-order chi connectivity index (χ1) is 12.5. The van der Waals surface area contributed by atoms with Gasteiger partial charge in [0.25, 0.3) is 5.91 Å². The Kier molecular flexibility index (Phi) is 5.70. The zero-order valence-electron chi connectivity index (χ0n) is 13.9. The second-order valence-electron chi connectivity index (χ2n) is 5.67. The van der Waals surface area contributed by atoms with E-state index in [1.165, 1.54) is 23.5 Å². The predicted molar refractivity (Wildman–Crippen MR) is 99.7 cm³/mol. The summed E-state index contributed by atoms with van der Waals surface area (Å²) in [5.41, 5.74) is 1.59.